The van der Waals surface area contributed by atoms with Crippen LogP contribution in [0.25, 0.3) is 0 Å². The van der Waals surface area contributed by atoms with E-state index in [1.165, 1.54) is 12.1 Å². The van der Waals surface area contributed by atoms with Crippen LogP contribution in [0.4, 0.5) is 4.39 Å². The van der Waals surface area contributed by atoms with Gasteiger partial charge in [0.15, 0.2) is 5.78 Å². The highest BCUT2D eigenvalue weighted by Gasteiger charge is 2.14. The van der Waals surface area contributed by atoms with E-state index in [9.17, 15) is 9.18 Å². The van der Waals surface area contributed by atoms with Gasteiger partial charge in [0, 0.05) is 10.9 Å². The van der Waals surface area contributed by atoms with Crippen LogP contribution in [-0.2, 0) is 6.42 Å². The predicted octanol–water partition coefficient (Wildman–Crippen LogP) is 4.41. The van der Waals surface area contributed by atoms with E-state index in [1.54, 1.807) is 24.3 Å². The van der Waals surface area contributed by atoms with E-state index in [1.807, 2.05) is 13.0 Å². The summed E-state index contributed by atoms with van der Waals surface area (Å²) in [5.74, 6) is 0.118. The molecule has 0 saturated heterocycles. The molecule has 2 nitrogen and oxygen atoms in total. The number of ether oxygens (including phenoxy) is 1. The number of hydrogen-bond donors (Lipinski definition) is 0. The van der Waals surface area contributed by atoms with Crippen LogP contribution in [-0.4, -0.2) is 12.4 Å². The number of rotatable bonds is 5. The van der Waals surface area contributed by atoms with Crippen molar-refractivity contribution in [3.05, 3.63) is 63.9 Å². The van der Waals surface area contributed by atoms with Crippen molar-refractivity contribution in [2.24, 2.45) is 0 Å². The third-order valence-corrected chi connectivity index (χ3v) is 3.29. The van der Waals surface area contributed by atoms with E-state index in [-0.39, 0.29) is 18.0 Å². The van der Waals surface area contributed by atoms with Gasteiger partial charge in [0.2, 0.25) is 0 Å². The largest absolute Gasteiger partial charge is 0.493 e. The number of hydrogen-bond acceptors (Lipinski definition) is 2. The summed E-state index contributed by atoms with van der Waals surface area (Å²) in [4.78, 5) is 12.3. The molecule has 0 radical (unpaired) electrons. The molecule has 0 atom stereocenters. The molecule has 0 heterocycles. The van der Waals surface area contributed by atoms with Gasteiger partial charge in [-0.05, 0) is 42.8 Å². The topological polar surface area (TPSA) is 26.3 Å². The molecule has 2 aromatic rings. The lowest BCUT2D eigenvalue weighted by molar-refractivity contribution is 0.0989. The molecule has 0 spiro atoms. The molecule has 0 aliphatic rings. The van der Waals surface area contributed by atoms with Crippen LogP contribution in [0, 0.1) is 5.82 Å². The Balaban J connectivity index is 2.26. The molecule has 104 valence electrons. The first-order chi connectivity index (χ1) is 9.60. The number of Topliss-reactive ketones (excluding diaryl/α,β-unsaturated/α-hetero) is 1. The molecule has 4 heteroatoms. The van der Waals surface area contributed by atoms with Crippen LogP contribution in [0.15, 0.2) is 46.9 Å². The summed E-state index contributed by atoms with van der Waals surface area (Å²) in [5.41, 5.74) is 1.16. The number of halogens is 2. The summed E-state index contributed by atoms with van der Waals surface area (Å²) in [7, 11) is 0. The van der Waals surface area contributed by atoms with Gasteiger partial charge < -0.3 is 4.74 Å². The Labute approximate surface area is 125 Å². The Kier molecular flexibility index (Phi) is 4.90. The van der Waals surface area contributed by atoms with E-state index in [0.717, 1.165) is 4.47 Å². The van der Waals surface area contributed by atoms with E-state index < -0.39 is 0 Å². The maximum Gasteiger partial charge on any atom is 0.170 e. The minimum absolute atomic E-state index is 0.0969. The Morgan fingerprint density at radius 3 is 2.75 bits per heavy atom. The summed E-state index contributed by atoms with van der Waals surface area (Å²) < 4.78 is 19.4. The Morgan fingerprint density at radius 1 is 1.25 bits per heavy atom. The van der Waals surface area contributed by atoms with Gasteiger partial charge in [0.1, 0.15) is 11.6 Å². The number of benzene rings is 2. The minimum atomic E-state index is -0.338. The van der Waals surface area contributed by atoms with Gasteiger partial charge in [0.25, 0.3) is 0 Å². The molecule has 20 heavy (non-hydrogen) atoms. The van der Waals surface area contributed by atoms with Gasteiger partial charge >= 0.3 is 0 Å². The van der Waals surface area contributed by atoms with Gasteiger partial charge in [-0.2, -0.15) is 0 Å². The fraction of sp³-hybridized carbons (Fsp3) is 0.188. The van der Waals surface area contributed by atoms with Crippen molar-refractivity contribution in [2.45, 2.75) is 13.3 Å². The first kappa shape index (κ1) is 14.7. The van der Waals surface area contributed by atoms with Gasteiger partial charge in [-0.1, -0.05) is 28.1 Å². The molecule has 0 amide bonds. The molecule has 2 rings (SSSR count). The van der Waals surface area contributed by atoms with Crippen molar-refractivity contribution < 1.29 is 13.9 Å². The number of carbonyl (C=O) groups excluding carboxylic acids is 1. The summed E-state index contributed by atoms with van der Waals surface area (Å²) in [6.07, 6.45) is 0.147. The van der Waals surface area contributed by atoms with Crippen molar-refractivity contribution in [1.82, 2.24) is 0 Å². The fourth-order valence-corrected chi connectivity index (χ4v) is 2.29. The van der Waals surface area contributed by atoms with Crippen LogP contribution >= 0.6 is 15.9 Å². The van der Waals surface area contributed by atoms with Crippen molar-refractivity contribution in [2.75, 3.05) is 6.61 Å². The molecular weight excluding hydrogens is 323 g/mol. The van der Waals surface area contributed by atoms with Gasteiger partial charge in [-0.3, -0.25) is 4.79 Å². The van der Waals surface area contributed by atoms with Crippen molar-refractivity contribution in [1.29, 1.82) is 0 Å². The lowest BCUT2D eigenvalue weighted by atomic mass is 10.0. The lowest BCUT2D eigenvalue weighted by Crippen LogP contribution is -2.07. The van der Waals surface area contributed by atoms with Crippen LogP contribution in [0.5, 0.6) is 5.75 Å². The zero-order valence-corrected chi connectivity index (χ0v) is 12.6. The quantitative estimate of drug-likeness (QED) is 0.756. The maximum absolute atomic E-state index is 13.1. The van der Waals surface area contributed by atoms with E-state index in [0.29, 0.717) is 23.5 Å². The van der Waals surface area contributed by atoms with Crippen LogP contribution in [0.3, 0.4) is 0 Å². The normalized spacial score (nSPS) is 10.3. The molecule has 0 fully saturated rings. The summed E-state index contributed by atoms with van der Waals surface area (Å²) in [6, 6.07) is 11.4. The Morgan fingerprint density at radius 2 is 2.05 bits per heavy atom. The predicted molar refractivity (Wildman–Crippen MR) is 79.7 cm³/mol. The van der Waals surface area contributed by atoms with E-state index >= 15 is 0 Å². The van der Waals surface area contributed by atoms with E-state index in [4.69, 9.17) is 4.74 Å². The summed E-state index contributed by atoms with van der Waals surface area (Å²) in [5, 5.41) is 0. The van der Waals surface area contributed by atoms with Crippen LogP contribution < -0.4 is 4.74 Å². The second-order valence-corrected chi connectivity index (χ2v) is 5.22. The maximum atomic E-state index is 13.1. The van der Waals surface area contributed by atoms with Crippen LogP contribution in [0.1, 0.15) is 22.8 Å². The second kappa shape index (κ2) is 6.66. The zero-order valence-electron chi connectivity index (χ0n) is 11.0. The van der Waals surface area contributed by atoms with Crippen molar-refractivity contribution in [3.8, 4) is 5.75 Å². The Hall–Kier alpha value is -1.68. The molecule has 0 bridgehead atoms. The van der Waals surface area contributed by atoms with Gasteiger partial charge in [-0.15, -0.1) is 0 Å². The fourth-order valence-electron chi connectivity index (χ4n) is 1.93. The molecule has 0 aromatic heterocycles. The summed E-state index contributed by atoms with van der Waals surface area (Å²) in [6.45, 7) is 2.35. The smallest absolute Gasteiger partial charge is 0.170 e. The van der Waals surface area contributed by atoms with E-state index in [2.05, 4.69) is 15.9 Å². The van der Waals surface area contributed by atoms with Gasteiger partial charge in [0.05, 0.1) is 12.2 Å². The van der Waals surface area contributed by atoms with Crippen molar-refractivity contribution >= 4 is 21.7 Å². The molecular formula is C16H14BrFO2. The molecule has 0 saturated carbocycles. The van der Waals surface area contributed by atoms with Gasteiger partial charge in [-0.25, -0.2) is 4.39 Å². The number of carbonyl (C=O) groups is 1. The molecule has 0 N–H and O–H groups in total. The SMILES string of the molecule is CCOc1ccc(Br)cc1C(=O)Cc1cccc(F)c1. The summed E-state index contributed by atoms with van der Waals surface area (Å²) >= 11 is 3.34. The Bertz CT molecular complexity index is 626. The molecule has 0 aliphatic carbocycles. The molecule has 2 aromatic carbocycles. The molecule has 0 aliphatic heterocycles. The third kappa shape index (κ3) is 3.67. The lowest BCUT2D eigenvalue weighted by Gasteiger charge is -2.10. The highest BCUT2D eigenvalue weighted by atomic mass is 79.9. The third-order valence-electron chi connectivity index (χ3n) is 2.80. The average Bonchev–Trinajstić information content (AvgIpc) is 2.41. The monoisotopic (exact) mass is 336 g/mol. The standard InChI is InChI=1S/C16H14BrFO2/c1-2-20-16-7-6-12(17)10-14(16)15(19)9-11-4-3-5-13(18)8-11/h3-8,10H,2,9H2,1H3. The number of ketones is 1. The highest BCUT2D eigenvalue weighted by molar-refractivity contribution is 9.10. The first-order valence-electron chi connectivity index (χ1n) is 6.30. The first-order valence-corrected chi connectivity index (χ1v) is 7.09. The van der Waals surface area contributed by atoms with Crippen LogP contribution in [0.2, 0.25) is 0 Å². The highest BCUT2D eigenvalue weighted by Crippen LogP contribution is 2.25. The minimum Gasteiger partial charge on any atom is -0.493 e. The van der Waals surface area contributed by atoms with Crippen molar-refractivity contribution in [3.63, 3.8) is 0 Å². The zero-order chi connectivity index (χ0) is 14.5. The second-order valence-electron chi connectivity index (χ2n) is 4.30. The molecule has 0 unspecified atom stereocenters. The average molecular weight is 337 g/mol.